The van der Waals surface area contributed by atoms with Gasteiger partial charge >= 0.3 is 6.18 Å². The van der Waals surface area contributed by atoms with Crippen molar-refractivity contribution in [3.63, 3.8) is 0 Å². The van der Waals surface area contributed by atoms with E-state index in [1.54, 1.807) is 12.1 Å². The van der Waals surface area contributed by atoms with Gasteiger partial charge in [0, 0.05) is 41.7 Å². The molecular weight excluding hydrogens is 459 g/mol. The van der Waals surface area contributed by atoms with Crippen molar-refractivity contribution in [1.29, 1.82) is 0 Å². The maximum Gasteiger partial charge on any atom is 0.416 e. The molecule has 1 fully saturated rings. The van der Waals surface area contributed by atoms with Gasteiger partial charge in [-0.25, -0.2) is 4.98 Å². The maximum absolute atomic E-state index is 13.4. The number of carbonyl (C=O) groups is 1. The zero-order valence-electron chi connectivity index (χ0n) is 18.6. The van der Waals surface area contributed by atoms with Gasteiger partial charge in [0.25, 0.3) is 11.5 Å². The summed E-state index contributed by atoms with van der Waals surface area (Å²) in [5.74, 6) is -0.492. The molecule has 0 atom stereocenters. The number of aromatic amines is 2. The molecule has 1 aliphatic rings. The standard InChI is InChI=1S/C25H22F3N5O2/c26-25(27,28)17-11-19(22-20(12-17)30-14-31-22)16-10-21(24(35)29-13-16)32-23(34)15-4-6-18(7-5-15)33-8-2-1-3-9-33/h4-7,10-14H,1-3,8-9H2,(H,29,35)(H,30,31)(H,32,34). The monoisotopic (exact) mass is 481 g/mol. The van der Waals surface area contributed by atoms with Crippen LogP contribution in [0, 0.1) is 0 Å². The summed E-state index contributed by atoms with van der Waals surface area (Å²) in [5.41, 5.74) is 0.914. The van der Waals surface area contributed by atoms with Crippen molar-refractivity contribution in [2.24, 2.45) is 0 Å². The van der Waals surface area contributed by atoms with Crippen molar-refractivity contribution in [3.8, 4) is 11.1 Å². The molecule has 1 saturated heterocycles. The molecule has 4 aromatic rings. The summed E-state index contributed by atoms with van der Waals surface area (Å²) in [6.45, 7) is 1.96. The van der Waals surface area contributed by atoms with Crippen LogP contribution in [0.3, 0.4) is 0 Å². The molecule has 2 aromatic heterocycles. The van der Waals surface area contributed by atoms with E-state index in [2.05, 4.69) is 25.2 Å². The summed E-state index contributed by atoms with van der Waals surface area (Å²) < 4.78 is 40.2. The third kappa shape index (κ3) is 4.64. The Bertz CT molecular complexity index is 1430. The number of nitrogens with zero attached hydrogens (tertiary/aromatic N) is 2. The molecule has 10 heteroatoms. The van der Waals surface area contributed by atoms with E-state index < -0.39 is 23.2 Å². The number of imidazole rings is 1. The van der Waals surface area contributed by atoms with E-state index in [0.29, 0.717) is 16.6 Å². The number of fused-ring (bicyclic) bond motifs is 1. The Morgan fingerprint density at radius 2 is 1.74 bits per heavy atom. The Morgan fingerprint density at radius 3 is 2.46 bits per heavy atom. The molecule has 2 aromatic carbocycles. The predicted octanol–water partition coefficient (Wildman–Crippen LogP) is 5.18. The molecule has 3 N–H and O–H groups in total. The number of carbonyl (C=O) groups excluding carboxylic acids is 1. The number of piperidine rings is 1. The highest BCUT2D eigenvalue weighted by Crippen LogP contribution is 2.36. The lowest BCUT2D eigenvalue weighted by Crippen LogP contribution is -2.29. The molecule has 0 unspecified atom stereocenters. The molecule has 0 saturated carbocycles. The van der Waals surface area contributed by atoms with Crippen LogP contribution in [0.2, 0.25) is 0 Å². The van der Waals surface area contributed by atoms with Crippen LogP contribution in [-0.2, 0) is 6.18 Å². The Labute approximate surface area is 198 Å². The van der Waals surface area contributed by atoms with Gasteiger partial charge in [-0.3, -0.25) is 9.59 Å². The van der Waals surface area contributed by atoms with Gasteiger partial charge in [-0.2, -0.15) is 13.2 Å². The lowest BCUT2D eigenvalue weighted by molar-refractivity contribution is -0.137. The first-order chi connectivity index (χ1) is 16.8. The zero-order valence-corrected chi connectivity index (χ0v) is 18.6. The molecule has 0 spiro atoms. The summed E-state index contributed by atoms with van der Waals surface area (Å²) >= 11 is 0. The van der Waals surface area contributed by atoms with Gasteiger partial charge in [-0.1, -0.05) is 0 Å². The smallest absolute Gasteiger partial charge is 0.372 e. The second kappa shape index (κ2) is 8.94. The van der Waals surface area contributed by atoms with E-state index >= 15 is 0 Å². The molecule has 1 amide bonds. The Hall–Kier alpha value is -4.08. The van der Waals surface area contributed by atoms with Crippen LogP contribution in [0.15, 0.2) is 59.8 Å². The minimum Gasteiger partial charge on any atom is -0.372 e. The van der Waals surface area contributed by atoms with Crippen LogP contribution in [-0.4, -0.2) is 33.9 Å². The lowest BCUT2D eigenvalue weighted by Gasteiger charge is -2.28. The quantitative estimate of drug-likeness (QED) is 0.374. The number of hydrogen-bond donors (Lipinski definition) is 3. The summed E-state index contributed by atoms with van der Waals surface area (Å²) in [4.78, 5) is 36.8. The number of hydrogen-bond acceptors (Lipinski definition) is 4. The van der Waals surface area contributed by atoms with Crippen molar-refractivity contribution in [2.45, 2.75) is 25.4 Å². The first kappa shape index (κ1) is 22.7. The lowest BCUT2D eigenvalue weighted by atomic mass is 10.0. The van der Waals surface area contributed by atoms with E-state index in [4.69, 9.17) is 0 Å². The SMILES string of the molecule is O=C(Nc1cc(-c2cc(C(F)(F)F)cc3nc[nH]c23)c[nH]c1=O)c1ccc(N2CCCCC2)cc1. The number of nitrogens with one attached hydrogen (secondary N) is 3. The highest BCUT2D eigenvalue weighted by atomic mass is 19.4. The second-order valence-electron chi connectivity index (χ2n) is 8.50. The van der Waals surface area contributed by atoms with Crippen LogP contribution in [0.1, 0.15) is 35.2 Å². The van der Waals surface area contributed by atoms with Crippen LogP contribution in [0.4, 0.5) is 24.5 Å². The van der Waals surface area contributed by atoms with Gasteiger partial charge in [0.1, 0.15) is 5.69 Å². The van der Waals surface area contributed by atoms with Crippen molar-refractivity contribution in [3.05, 3.63) is 76.5 Å². The molecule has 5 rings (SSSR count). The predicted molar refractivity (Wildman–Crippen MR) is 128 cm³/mol. The Morgan fingerprint density at radius 1 is 1.00 bits per heavy atom. The van der Waals surface area contributed by atoms with Crippen LogP contribution >= 0.6 is 0 Å². The van der Waals surface area contributed by atoms with Gasteiger partial charge in [0.15, 0.2) is 0 Å². The fraction of sp³-hybridized carbons (Fsp3) is 0.240. The van der Waals surface area contributed by atoms with Crippen LogP contribution in [0.5, 0.6) is 0 Å². The van der Waals surface area contributed by atoms with Gasteiger partial charge in [-0.15, -0.1) is 0 Å². The topological polar surface area (TPSA) is 93.9 Å². The number of halogens is 3. The van der Waals surface area contributed by atoms with Gasteiger partial charge in [0.05, 0.1) is 22.9 Å². The molecule has 3 heterocycles. The molecule has 0 radical (unpaired) electrons. The van der Waals surface area contributed by atoms with Gasteiger partial charge in [0.2, 0.25) is 0 Å². The van der Waals surface area contributed by atoms with Crippen molar-refractivity contribution < 1.29 is 18.0 Å². The highest BCUT2D eigenvalue weighted by molar-refractivity contribution is 6.05. The van der Waals surface area contributed by atoms with E-state index in [0.717, 1.165) is 43.8 Å². The third-order valence-corrected chi connectivity index (χ3v) is 6.17. The van der Waals surface area contributed by atoms with Crippen molar-refractivity contribution in [1.82, 2.24) is 15.0 Å². The Kier molecular flexibility index (Phi) is 5.80. The van der Waals surface area contributed by atoms with Crippen molar-refractivity contribution in [2.75, 3.05) is 23.3 Å². The number of alkyl halides is 3. The van der Waals surface area contributed by atoms with Crippen LogP contribution < -0.4 is 15.8 Å². The molecule has 0 aliphatic carbocycles. The number of rotatable bonds is 4. The number of pyridine rings is 1. The Balaban J connectivity index is 1.43. The van der Waals surface area contributed by atoms with Crippen molar-refractivity contribution >= 4 is 28.3 Å². The second-order valence-corrected chi connectivity index (χ2v) is 8.50. The number of benzene rings is 2. The van der Waals surface area contributed by atoms with Gasteiger partial charge in [-0.05, 0) is 61.7 Å². The molecule has 0 bridgehead atoms. The fourth-order valence-corrected chi connectivity index (χ4v) is 4.34. The van der Waals surface area contributed by atoms with Gasteiger partial charge < -0.3 is 20.2 Å². The normalized spacial score (nSPS) is 14.3. The number of aromatic nitrogens is 3. The molecule has 7 nitrogen and oxygen atoms in total. The molecular formula is C25H22F3N5O2. The first-order valence-electron chi connectivity index (χ1n) is 11.2. The molecule has 35 heavy (non-hydrogen) atoms. The summed E-state index contributed by atoms with van der Waals surface area (Å²) in [7, 11) is 0. The van der Waals surface area contributed by atoms with E-state index in [-0.39, 0.29) is 16.8 Å². The van der Waals surface area contributed by atoms with E-state index in [1.165, 1.54) is 25.0 Å². The maximum atomic E-state index is 13.4. The fourth-order valence-electron chi connectivity index (χ4n) is 4.34. The minimum absolute atomic E-state index is 0.0716. The summed E-state index contributed by atoms with van der Waals surface area (Å²) in [6, 6.07) is 10.4. The van der Waals surface area contributed by atoms with E-state index in [9.17, 15) is 22.8 Å². The number of anilines is 2. The first-order valence-corrected chi connectivity index (χ1v) is 11.2. The molecule has 1 aliphatic heterocycles. The number of H-pyrrole nitrogens is 2. The molecule has 180 valence electrons. The van der Waals surface area contributed by atoms with Crippen LogP contribution in [0.25, 0.3) is 22.2 Å². The summed E-state index contributed by atoms with van der Waals surface area (Å²) in [6.07, 6.45) is 1.53. The average molecular weight is 481 g/mol. The largest absolute Gasteiger partial charge is 0.416 e. The zero-order chi connectivity index (χ0) is 24.6. The summed E-state index contributed by atoms with van der Waals surface area (Å²) in [5, 5.41) is 2.58. The minimum atomic E-state index is -4.57. The third-order valence-electron chi connectivity index (χ3n) is 6.17. The van der Waals surface area contributed by atoms with E-state index in [1.807, 2.05) is 12.1 Å². The highest BCUT2D eigenvalue weighted by Gasteiger charge is 2.32. The number of amides is 1. The average Bonchev–Trinajstić information content (AvgIpc) is 3.34.